The van der Waals surface area contributed by atoms with Crippen molar-refractivity contribution in [1.29, 1.82) is 0 Å². The van der Waals surface area contributed by atoms with Gasteiger partial charge in [0.05, 0.1) is 18.9 Å². The summed E-state index contributed by atoms with van der Waals surface area (Å²) >= 11 is 0. The van der Waals surface area contributed by atoms with E-state index in [1.807, 2.05) is 24.3 Å². The van der Waals surface area contributed by atoms with E-state index in [4.69, 9.17) is 5.11 Å². The van der Waals surface area contributed by atoms with Gasteiger partial charge in [0.2, 0.25) is 0 Å². The summed E-state index contributed by atoms with van der Waals surface area (Å²) < 4.78 is 12.5. The van der Waals surface area contributed by atoms with Crippen LogP contribution >= 0.6 is 0 Å². The Morgan fingerprint density at radius 1 is 1.20 bits per heavy atom. The van der Waals surface area contributed by atoms with Crippen LogP contribution in [0, 0.1) is 11.8 Å². The van der Waals surface area contributed by atoms with Crippen molar-refractivity contribution in [2.24, 2.45) is 11.8 Å². The van der Waals surface area contributed by atoms with E-state index in [2.05, 4.69) is 0 Å². The largest absolute Gasteiger partial charge is 0.481 e. The van der Waals surface area contributed by atoms with Crippen molar-refractivity contribution in [2.75, 3.05) is 6.67 Å². The van der Waals surface area contributed by atoms with Crippen LogP contribution in [0.2, 0.25) is 0 Å². The van der Waals surface area contributed by atoms with Crippen LogP contribution in [0.1, 0.15) is 56.1 Å². The van der Waals surface area contributed by atoms with E-state index < -0.39 is 24.9 Å². The lowest BCUT2D eigenvalue weighted by molar-refractivity contribution is -0.137. The Morgan fingerprint density at radius 2 is 1.93 bits per heavy atom. The van der Waals surface area contributed by atoms with Crippen molar-refractivity contribution in [2.45, 2.75) is 70.0 Å². The van der Waals surface area contributed by atoms with Gasteiger partial charge in [-0.2, -0.15) is 0 Å². The molecule has 5 nitrogen and oxygen atoms in total. The molecule has 1 fully saturated rings. The molecule has 0 aromatic heterocycles. The molecule has 1 aromatic carbocycles. The lowest BCUT2D eigenvalue weighted by Crippen LogP contribution is -2.19. The molecule has 1 saturated carbocycles. The molecule has 0 heterocycles. The second-order valence-corrected chi connectivity index (χ2v) is 8.18. The molecule has 4 atom stereocenters. The molecule has 1 aromatic rings. The number of alkyl halides is 1. The van der Waals surface area contributed by atoms with Crippen molar-refractivity contribution in [3.63, 3.8) is 0 Å². The summed E-state index contributed by atoms with van der Waals surface area (Å²) in [6, 6.07) is 7.48. The van der Waals surface area contributed by atoms with Crippen molar-refractivity contribution in [1.82, 2.24) is 0 Å². The molecule has 3 N–H and O–H groups in total. The highest BCUT2D eigenvalue weighted by molar-refractivity contribution is 5.84. The zero-order valence-electron chi connectivity index (χ0n) is 17.4. The predicted molar refractivity (Wildman–Crippen MR) is 113 cm³/mol. The lowest BCUT2D eigenvalue weighted by atomic mass is 9.88. The quantitative estimate of drug-likeness (QED) is 0.334. The summed E-state index contributed by atoms with van der Waals surface area (Å²) in [4.78, 5) is 22.8. The number of carboxylic acids is 1. The third kappa shape index (κ3) is 8.00. The Morgan fingerprint density at radius 3 is 2.67 bits per heavy atom. The van der Waals surface area contributed by atoms with Crippen LogP contribution in [-0.4, -0.2) is 46.0 Å². The molecular weight excluding hydrogens is 387 g/mol. The first kappa shape index (κ1) is 24.2. The summed E-state index contributed by atoms with van der Waals surface area (Å²) in [6.45, 7) is -0.416. The van der Waals surface area contributed by atoms with Crippen LogP contribution in [0.5, 0.6) is 0 Å². The molecular formula is C24H33FO5. The van der Waals surface area contributed by atoms with E-state index >= 15 is 0 Å². The minimum absolute atomic E-state index is 0.0519. The summed E-state index contributed by atoms with van der Waals surface area (Å²) in [5.41, 5.74) is 1.81. The zero-order chi connectivity index (χ0) is 21.9. The third-order valence-corrected chi connectivity index (χ3v) is 5.76. The number of rotatable bonds is 13. The number of aliphatic hydroxyl groups excluding tert-OH is 2. The number of carboxylic acid groups (broad SMARTS) is 1. The van der Waals surface area contributed by atoms with Gasteiger partial charge in [0, 0.05) is 37.5 Å². The van der Waals surface area contributed by atoms with E-state index in [1.165, 1.54) is 0 Å². The topological polar surface area (TPSA) is 94.8 Å². The highest BCUT2D eigenvalue weighted by atomic mass is 19.1. The van der Waals surface area contributed by atoms with Crippen LogP contribution in [0.25, 0.3) is 0 Å². The monoisotopic (exact) mass is 420 g/mol. The van der Waals surface area contributed by atoms with Crippen LogP contribution in [0.3, 0.4) is 0 Å². The van der Waals surface area contributed by atoms with Gasteiger partial charge in [-0.15, -0.1) is 0 Å². The maximum absolute atomic E-state index is 12.5. The van der Waals surface area contributed by atoms with Gasteiger partial charge in [-0.3, -0.25) is 14.0 Å². The number of hydrogen-bond donors (Lipinski definition) is 3. The molecule has 0 bridgehead atoms. The minimum Gasteiger partial charge on any atom is -0.481 e. The number of halogens is 1. The Labute approximate surface area is 177 Å². The van der Waals surface area contributed by atoms with Crippen LogP contribution in [-0.2, 0) is 22.4 Å². The van der Waals surface area contributed by atoms with Gasteiger partial charge in [0.25, 0.3) is 0 Å². The Hall–Kier alpha value is -2.05. The van der Waals surface area contributed by atoms with Gasteiger partial charge >= 0.3 is 5.97 Å². The third-order valence-electron chi connectivity index (χ3n) is 5.76. The molecule has 166 valence electrons. The molecule has 1 aliphatic rings. The van der Waals surface area contributed by atoms with Crippen molar-refractivity contribution >= 4 is 11.8 Å². The second kappa shape index (κ2) is 12.6. The number of aryl methyl sites for hydroxylation is 1. The van der Waals surface area contributed by atoms with Gasteiger partial charge < -0.3 is 15.3 Å². The number of carbonyl (C=O) groups is 2. The molecule has 0 amide bonds. The molecule has 0 spiro atoms. The van der Waals surface area contributed by atoms with E-state index in [9.17, 15) is 24.2 Å². The number of hydrogen-bond acceptors (Lipinski definition) is 4. The number of Topliss-reactive ketones (excluding diaryl/α,β-unsaturated/α-hetero) is 1. The standard InChI is InChI=1S/C24H33FO5/c25-13-12-17-6-5-7-18(14-17)15-19(26)10-11-21-20(22(27)16-23(21)28)8-3-1-2-4-9-24(29)30/h5-7,10-11,14,19-21,23,26,28H,1-4,8-9,12-13,15-16H2,(H,29,30)/b11-10+/t19-,20-,21-,23-/m1/s1. The summed E-state index contributed by atoms with van der Waals surface area (Å²) in [7, 11) is 0. The van der Waals surface area contributed by atoms with Crippen molar-refractivity contribution < 1.29 is 29.3 Å². The highest BCUT2D eigenvalue weighted by Gasteiger charge is 2.39. The fourth-order valence-electron chi connectivity index (χ4n) is 4.17. The number of aliphatic hydroxyl groups is 2. The minimum atomic E-state index is -0.790. The molecule has 0 unspecified atom stereocenters. The molecule has 0 saturated heterocycles. The van der Waals surface area contributed by atoms with Crippen LogP contribution in [0.15, 0.2) is 36.4 Å². The molecule has 30 heavy (non-hydrogen) atoms. The molecule has 1 aliphatic carbocycles. The number of unbranched alkanes of at least 4 members (excludes halogenated alkanes) is 3. The van der Waals surface area contributed by atoms with Crippen LogP contribution < -0.4 is 0 Å². The SMILES string of the molecule is O=C(O)CCCCCC[C@H]1C(=O)C[C@@H](O)[C@@H]1/C=C/[C@@H](O)Cc1cccc(CCF)c1. The van der Waals surface area contributed by atoms with Gasteiger partial charge in [-0.1, -0.05) is 55.7 Å². The molecule has 6 heteroatoms. The van der Waals surface area contributed by atoms with Crippen molar-refractivity contribution in [3.8, 4) is 0 Å². The average molecular weight is 421 g/mol. The summed E-state index contributed by atoms with van der Waals surface area (Å²) in [6.07, 6.45) is 6.79. The Balaban J connectivity index is 1.85. The van der Waals surface area contributed by atoms with Gasteiger partial charge in [-0.05, 0) is 24.0 Å². The summed E-state index contributed by atoms with van der Waals surface area (Å²) in [5, 5.41) is 29.3. The number of ketones is 1. The normalized spacial score (nSPS) is 22.6. The maximum Gasteiger partial charge on any atom is 0.303 e. The first-order valence-corrected chi connectivity index (χ1v) is 10.8. The smallest absolute Gasteiger partial charge is 0.303 e. The fourth-order valence-corrected chi connectivity index (χ4v) is 4.17. The molecule has 0 aliphatic heterocycles. The van der Waals surface area contributed by atoms with E-state index in [-0.39, 0.29) is 30.5 Å². The first-order valence-electron chi connectivity index (χ1n) is 10.8. The first-order chi connectivity index (χ1) is 14.4. The predicted octanol–water partition coefficient (Wildman–Crippen LogP) is 3.65. The van der Waals surface area contributed by atoms with Gasteiger partial charge in [0.1, 0.15) is 5.78 Å². The number of benzene rings is 1. The molecule has 0 radical (unpaired) electrons. The second-order valence-electron chi connectivity index (χ2n) is 8.18. The van der Waals surface area contributed by atoms with Crippen LogP contribution in [0.4, 0.5) is 4.39 Å². The molecule has 2 rings (SSSR count). The van der Waals surface area contributed by atoms with E-state index in [1.54, 1.807) is 12.2 Å². The number of carbonyl (C=O) groups excluding carboxylic acids is 1. The Bertz CT molecular complexity index is 717. The van der Waals surface area contributed by atoms with E-state index in [0.29, 0.717) is 25.7 Å². The lowest BCUT2D eigenvalue weighted by Gasteiger charge is -2.18. The van der Waals surface area contributed by atoms with E-state index in [0.717, 1.165) is 30.4 Å². The fraction of sp³-hybridized carbons (Fsp3) is 0.583. The van der Waals surface area contributed by atoms with Crippen molar-refractivity contribution in [3.05, 3.63) is 47.5 Å². The van der Waals surface area contributed by atoms with Gasteiger partial charge in [0.15, 0.2) is 0 Å². The summed E-state index contributed by atoms with van der Waals surface area (Å²) in [5.74, 6) is -1.29. The number of aliphatic carboxylic acids is 1. The van der Waals surface area contributed by atoms with Gasteiger partial charge in [-0.25, -0.2) is 0 Å². The Kier molecular flexibility index (Phi) is 10.2. The highest BCUT2D eigenvalue weighted by Crippen LogP contribution is 2.34. The maximum atomic E-state index is 12.5. The zero-order valence-corrected chi connectivity index (χ0v) is 17.4. The average Bonchev–Trinajstić information content (AvgIpc) is 2.95.